The number of allylic oxidation sites excluding steroid dienone is 1. The first-order valence-corrected chi connectivity index (χ1v) is 31.7. The van der Waals surface area contributed by atoms with Crippen molar-refractivity contribution in [3.05, 3.63) is 71.3 Å². The van der Waals surface area contributed by atoms with E-state index >= 15 is 9.59 Å². The van der Waals surface area contributed by atoms with Gasteiger partial charge in [-0.1, -0.05) is 69.0 Å². The normalized spacial score (nSPS) is 48.2. The number of carbonyl (C=O) groups excluding carboxylic acids is 3. The van der Waals surface area contributed by atoms with Gasteiger partial charge in [0, 0.05) is 53.3 Å². The van der Waals surface area contributed by atoms with Crippen LogP contribution in [0.15, 0.2) is 53.3 Å². The first kappa shape index (κ1) is 53.6. The van der Waals surface area contributed by atoms with E-state index in [2.05, 4.69) is 86.3 Å². The fourth-order valence-electron chi connectivity index (χ4n) is 22.5. The molecule has 23 atom stereocenters. The van der Waals surface area contributed by atoms with Crippen molar-refractivity contribution < 1.29 is 58.2 Å². The van der Waals surface area contributed by atoms with Crippen molar-refractivity contribution in [2.24, 2.45) is 92.7 Å². The lowest BCUT2D eigenvalue weighted by Crippen LogP contribution is -2.82. The predicted octanol–water partition coefficient (Wildman–Crippen LogP) is 7.21. The van der Waals surface area contributed by atoms with Crippen LogP contribution in [0.3, 0.4) is 0 Å². The highest BCUT2D eigenvalue weighted by atomic mass is 16.7. The van der Waals surface area contributed by atoms with E-state index in [4.69, 9.17) is 23.4 Å². The summed E-state index contributed by atoms with van der Waals surface area (Å²) in [5, 5.41) is 51.7. The number of furan rings is 1. The van der Waals surface area contributed by atoms with Gasteiger partial charge in [0.2, 0.25) is 0 Å². The topological polar surface area (TPSA) is 201 Å². The minimum Gasteiger partial charge on any atom is -0.469 e. The molecule has 14 nitrogen and oxygen atoms in total. The number of aliphatic hydroxyl groups excluding tert-OH is 4. The van der Waals surface area contributed by atoms with E-state index in [1.165, 1.54) is 5.56 Å². The van der Waals surface area contributed by atoms with Gasteiger partial charge in [-0.3, -0.25) is 14.9 Å². The molecule has 0 radical (unpaired) electrons. The number of hydrogen-bond acceptors (Lipinski definition) is 14. The third-order valence-electron chi connectivity index (χ3n) is 25.7. The van der Waals surface area contributed by atoms with E-state index in [-0.39, 0.29) is 60.5 Å². The van der Waals surface area contributed by atoms with E-state index in [1.807, 2.05) is 12.3 Å². The second-order valence-electron chi connectivity index (χ2n) is 29.4. The van der Waals surface area contributed by atoms with Crippen molar-refractivity contribution in [1.82, 2.24) is 10.2 Å². The van der Waals surface area contributed by atoms with Crippen LogP contribution in [-0.4, -0.2) is 118 Å². The van der Waals surface area contributed by atoms with Crippen LogP contribution in [0, 0.1) is 105 Å². The summed E-state index contributed by atoms with van der Waals surface area (Å²) in [7, 11) is 0. The summed E-state index contributed by atoms with van der Waals surface area (Å²) in [5.41, 5.74) is -5.84. The molecule has 6 aliphatic heterocycles. The fourth-order valence-corrected chi connectivity index (χ4v) is 22.5. The van der Waals surface area contributed by atoms with Crippen molar-refractivity contribution in [3.63, 3.8) is 0 Å². The third kappa shape index (κ3) is 6.92. The molecular formula is C67H86N2O12. The molecule has 7 aliphatic carbocycles. The number of esters is 2. The van der Waals surface area contributed by atoms with Gasteiger partial charge >= 0.3 is 11.9 Å². The van der Waals surface area contributed by atoms with Gasteiger partial charge in [-0.05, 0) is 180 Å². The van der Waals surface area contributed by atoms with Crippen LogP contribution in [0.4, 0.5) is 0 Å². The first-order chi connectivity index (χ1) is 39.0. The Kier molecular flexibility index (Phi) is 12.4. The Labute approximate surface area is 477 Å². The van der Waals surface area contributed by atoms with Crippen molar-refractivity contribution >= 4 is 17.7 Å². The molecule has 14 heteroatoms. The maximum atomic E-state index is 16.9. The van der Waals surface area contributed by atoms with E-state index < -0.39 is 99.1 Å². The van der Waals surface area contributed by atoms with Crippen molar-refractivity contribution in [1.29, 1.82) is 0 Å². The number of ether oxygens (including phenoxy) is 4. The number of rotatable bonds is 11. The Morgan fingerprint density at radius 2 is 1.78 bits per heavy atom. The molecule has 5 saturated heterocycles. The third-order valence-corrected chi connectivity index (χ3v) is 25.7. The highest BCUT2D eigenvalue weighted by molar-refractivity contribution is 5.93. The Morgan fingerprint density at radius 3 is 2.57 bits per heavy atom. The smallest absolute Gasteiger partial charge is 0.339 e. The standard InChI is InChI=1S/C67H86N2O12/c1-37(2)18-22-61(3)55-54(73)56(74)65-48-27-39(26-38-8-6-5-7-9-38)10-11-41(48)12-15-45-16-13-44-34-77-51(29-47(50(72)33-71)42-14-17-46-43(28-42)21-25-69-36-68-31-49(46)69)53(44)66(45)62(4,67(65)57(79-67)58(75)80-66)23-20-52(65)64(55)35-78-60(76)63(59(64)81-61)24-19-40(30-63)32-70/h5-9,21,25,34,37,39-43,45-50,52,55-57,59,68,70-72,74H,10-11,13-14,16-20,22-24,26-33,35-36H2,1-4H3. The molecule has 5 spiro atoms. The van der Waals surface area contributed by atoms with E-state index in [9.17, 15) is 25.2 Å². The maximum Gasteiger partial charge on any atom is 0.339 e. The predicted molar refractivity (Wildman–Crippen MR) is 296 cm³/mol. The van der Waals surface area contributed by atoms with Crippen LogP contribution in [0.2, 0.25) is 0 Å². The quantitative estimate of drug-likeness (QED) is 0.0859. The molecule has 5 N–H and O–H groups in total. The Hall–Kier alpha value is -4.07. The molecule has 1 aromatic carbocycles. The van der Waals surface area contributed by atoms with Gasteiger partial charge in [0.05, 0.1) is 54.6 Å². The number of nitrogens with one attached hydrogen (secondary N) is 1. The second-order valence-corrected chi connectivity index (χ2v) is 29.4. The number of cyclic esters (lactones) is 1. The maximum absolute atomic E-state index is 16.9. The Morgan fingerprint density at radius 1 is 0.938 bits per heavy atom. The summed E-state index contributed by atoms with van der Waals surface area (Å²) < 4.78 is 36.3. The summed E-state index contributed by atoms with van der Waals surface area (Å²) in [4.78, 5) is 50.2. The summed E-state index contributed by atoms with van der Waals surface area (Å²) in [6, 6.07) is 11.0. The number of nitrogens with zero attached hydrogens (tertiary/aromatic N) is 1. The van der Waals surface area contributed by atoms with Gasteiger partial charge in [-0.25, -0.2) is 4.79 Å². The van der Waals surface area contributed by atoms with Crippen molar-refractivity contribution in [3.8, 4) is 11.8 Å². The highest BCUT2D eigenvalue weighted by Gasteiger charge is 2.96. The zero-order valence-electron chi connectivity index (χ0n) is 48.0. The number of epoxide rings is 1. The minimum absolute atomic E-state index is 0.0556. The number of fused-ring (bicyclic) bond motifs is 6. The van der Waals surface area contributed by atoms with Crippen LogP contribution in [0.25, 0.3) is 0 Å². The van der Waals surface area contributed by atoms with E-state index in [0.717, 1.165) is 69.3 Å². The molecule has 81 heavy (non-hydrogen) atoms. The molecule has 10 fully saturated rings. The molecule has 23 unspecified atom stereocenters. The van der Waals surface area contributed by atoms with Gasteiger partial charge in [0.15, 0.2) is 17.5 Å². The van der Waals surface area contributed by atoms with Crippen molar-refractivity contribution in [2.75, 3.05) is 33.0 Å². The number of Topliss-reactive ketones (excluding diaryl/α,β-unsaturated/α-hetero) is 1. The average Bonchev–Trinajstić information content (AvgIpc) is 1.51. The number of carbonyl (C=O) groups is 3. The van der Waals surface area contributed by atoms with Gasteiger partial charge in [-0.15, -0.1) is 0 Å². The second kappa shape index (κ2) is 18.7. The largest absolute Gasteiger partial charge is 0.469 e. The molecule has 1 aromatic heterocycles. The molecule has 436 valence electrons. The van der Waals surface area contributed by atoms with Crippen LogP contribution >= 0.6 is 0 Å². The van der Waals surface area contributed by atoms with Gasteiger partial charge in [-0.2, -0.15) is 0 Å². The van der Waals surface area contributed by atoms with Gasteiger partial charge in [0.25, 0.3) is 0 Å². The number of aryl methyl sites for hydroxylation is 1. The molecule has 5 saturated carbocycles. The molecule has 7 heterocycles. The van der Waals surface area contributed by atoms with Crippen LogP contribution in [-0.2, 0) is 58.2 Å². The molecule has 13 aliphatic rings. The summed E-state index contributed by atoms with van der Waals surface area (Å²) in [5.74, 6) is 5.65. The lowest BCUT2D eigenvalue weighted by molar-refractivity contribution is -0.307. The summed E-state index contributed by atoms with van der Waals surface area (Å²) in [6.07, 6.45) is 13.1. The average molecular weight is 1110 g/mol. The van der Waals surface area contributed by atoms with Crippen molar-refractivity contribution in [2.45, 2.75) is 184 Å². The SMILES string of the molecule is CC(C)CCC1(C)OC2C3(CCC(CO)C3)C(=O)OCC23C1C(=O)C(O)C12C4CC(Cc5ccccc5)CCC4C#CC4CCc5coc(CC(C(O)CO)C6CCC7C(C=CN8CNCC78)C6)c5C45OC(=O)C4OC41C5(C)CCC32. The first-order valence-electron chi connectivity index (χ1n) is 31.7. The number of ketones is 1. The number of aliphatic hydroxyl groups is 4. The fraction of sp³-hybridized carbons (Fsp3) is 0.746. The van der Waals surface area contributed by atoms with E-state index in [0.29, 0.717) is 87.8 Å². The van der Waals surface area contributed by atoms with Crippen LogP contribution < -0.4 is 5.32 Å². The van der Waals surface area contributed by atoms with Gasteiger partial charge < -0.3 is 48.7 Å². The lowest BCUT2D eigenvalue weighted by Gasteiger charge is -2.72. The molecule has 15 rings (SSSR count). The highest BCUT2D eigenvalue weighted by Crippen LogP contribution is 2.86. The number of benzene rings is 1. The molecule has 0 amide bonds. The Balaban J connectivity index is 0.919. The Bertz CT molecular complexity index is 2970. The number of hydrogen-bond donors (Lipinski definition) is 5. The monoisotopic (exact) mass is 1110 g/mol. The molecule has 4 bridgehead atoms. The summed E-state index contributed by atoms with van der Waals surface area (Å²) >= 11 is 0. The minimum atomic E-state index is -1.60. The van der Waals surface area contributed by atoms with Crippen LogP contribution in [0.1, 0.15) is 140 Å². The zero-order chi connectivity index (χ0) is 55.8. The molecular weight excluding hydrogens is 1020 g/mol. The molecule has 2 aromatic rings. The van der Waals surface area contributed by atoms with Gasteiger partial charge in [0.1, 0.15) is 24.1 Å². The lowest BCUT2D eigenvalue weighted by atomic mass is 9.30. The van der Waals surface area contributed by atoms with E-state index in [1.54, 1.807) is 0 Å². The summed E-state index contributed by atoms with van der Waals surface area (Å²) in [6.45, 7) is 9.91. The zero-order valence-corrected chi connectivity index (χ0v) is 48.0. The van der Waals surface area contributed by atoms with Crippen LogP contribution in [0.5, 0.6) is 0 Å².